The highest BCUT2D eigenvalue weighted by atomic mass is 16.6. The molecule has 1 atom stereocenters. The molecule has 0 aliphatic carbocycles. The largest absolute Gasteiger partial charge is 0.373 e. The van der Waals surface area contributed by atoms with Gasteiger partial charge in [0.15, 0.2) is 0 Å². The molecule has 0 radical (unpaired) electrons. The van der Waals surface area contributed by atoms with Gasteiger partial charge in [0.25, 0.3) is 0 Å². The first-order chi connectivity index (χ1) is 4.43. The van der Waals surface area contributed by atoms with Gasteiger partial charge in [-0.2, -0.15) is 0 Å². The topological polar surface area (TPSA) is 24.6 Å². The highest BCUT2D eigenvalue weighted by Gasteiger charge is 2.20. The molecule has 0 bridgehead atoms. The zero-order chi connectivity index (χ0) is 6.53. The van der Waals surface area contributed by atoms with Crippen molar-refractivity contribution in [1.29, 1.82) is 0 Å². The zero-order valence-corrected chi connectivity index (χ0v) is 6.02. The molecule has 1 unspecified atom stereocenters. The number of hydrogen-bond donors (Lipinski definition) is 1. The summed E-state index contributed by atoms with van der Waals surface area (Å²) in [4.78, 5) is 0. The Bertz CT molecular complexity index is 71.3. The van der Waals surface area contributed by atoms with Gasteiger partial charge in [-0.15, -0.1) is 0 Å². The van der Waals surface area contributed by atoms with Gasteiger partial charge in [-0.1, -0.05) is 6.92 Å². The fourth-order valence-corrected chi connectivity index (χ4v) is 0.866. The van der Waals surface area contributed by atoms with Crippen LogP contribution in [0.15, 0.2) is 0 Å². The van der Waals surface area contributed by atoms with Gasteiger partial charge >= 0.3 is 0 Å². The third kappa shape index (κ3) is 3.49. The molecule has 2 nitrogen and oxygen atoms in total. The minimum absolute atomic E-state index is 0.614. The van der Waals surface area contributed by atoms with E-state index >= 15 is 0 Å². The second-order valence-electron chi connectivity index (χ2n) is 2.45. The van der Waals surface area contributed by atoms with Crippen molar-refractivity contribution < 1.29 is 4.74 Å². The summed E-state index contributed by atoms with van der Waals surface area (Å²) < 4.78 is 5.06. The van der Waals surface area contributed by atoms with E-state index in [9.17, 15) is 0 Å². The summed E-state index contributed by atoms with van der Waals surface area (Å²) in [6.45, 7) is 5.38. The van der Waals surface area contributed by atoms with Crippen molar-refractivity contribution in [1.82, 2.24) is 5.32 Å². The molecule has 1 rings (SSSR count). The van der Waals surface area contributed by atoms with Crippen molar-refractivity contribution in [2.24, 2.45) is 0 Å². The minimum Gasteiger partial charge on any atom is -0.373 e. The molecule has 1 heterocycles. The van der Waals surface area contributed by atoms with E-state index in [0.717, 1.165) is 19.7 Å². The van der Waals surface area contributed by atoms with Gasteiger partial charge in [0.05, 0.1) is 12.7 Å². The summed E-state index contributed by atoms with van der Waals surface area (Å²) in [5.74, 6) is 0. The molecular weight excluding hydrogens is 114 g/mol. The van der Waals surface area contributed by atoms with Crippen LogP contribution in [0.25, 0.3) is 0 Å². The van der Waals surface area contributed by atoms with Crippen LogP contribution >= 0.6 is 0 Å². The van der Waals surface area contributed by atoms with E-state index < -0.39 is 0 Å². The van der Waals surface area contributed by atoms with E-state index in [-0.39, 0.29) is 0 Å². The van der Waals surface area contributed by atoms with Crippen LogP contribution in [0.5, 0.6) is 0 Å². The Hall–Kier alpha value is -0.0800. The smallest absolute Gasteiger partial charge is 0.0810 e. The molecule has 1 saturated heterocycles. The number of hydrogen-bond acceptors (Lipinski definition) is 2. The Kier molecular flexibility index (Phi) is 3.01. The van der Waals surface area contributed by atoms with E-state index in [2.05, 4.69) is 12.2 Å². The van der Waals surface area contributed by atoms with Crippen LogP contribution in [-0.2, 0) is 4.74 Å². The van der Waals surface area contributed by atoms with Crippen molar-refractivity contribution in [3.05, 3.63) is 0 Å². The van der Waals surface area contributed by atoms with Gasteiger partial charge in [0, 0.05) is 0 Å². The summed E-state index contributed by atoms with van der Waals surface area (Å²) in [5, 5.41) is 3.28. The molecule has 1 aliphatic heterocycles. The van der Waals surface area contributed by atoms with E-state index in [4.69, 9.17) is 4.74 Å². The molecule has 0 aromatic carbocycles. The number of nitrogens with one attached hydrogen (secondary N) is 1. The molecule has 1 aliphatic rings. The normalized spacial score (nSPS) is 24.3. The maximum absolute atomic E-state index is 5.06. The molecule has 1 fully saturated rings. The lowest BCUT2D eigenvalue weighted by atomic mass is 10.2. The van der Waals surface area contributed by atoms with Crippen molar-refractivity contribution in [2.75, 3.05) is 19.7 Å². The Labute approximate surface area is 56.6 Å². The maximum Gasteiger partial charge on any atom is 0.0810 e. The van der Waals surface area contributed by atoms with Crippen LogP contribution in [-0.4, -0.2) is 25.8 Å². The second-order valence-corrected chi connectivity index (χ2v) is 2.45. The van der Waals surface area contributed by atoms with Crippen molar-refractivity contribution in [3.8, 4) is 0 Å². The summed E-state index contributed by atoms with van der Waals surface area (Å²) >= 11 is 0. The number of rotatable bonds is 5. The minimum atomic E-state index is 0.614. The van der Waals surface area contributed by atoms with Gasteiger partial charge in [-0.3, -0.25) is 0 Å². The maximum atomic E-state index is 5.06. The third-order valence-electron chi connectivity index (χ3n) is 1.53. The van der Waals surface area contributed by atoms with Crippen LogP contribution < -0.4 is 5.32 Å². The van der Waals surface area contributed by atoms with Gasteiger partial charge in [-0.25, -0.2) is 0 Å². The first-order valence-corrected chi connectivity index (χ1v) is 3.76. The quantitative estimate of drug-likeness (QED) is 0.438. The average Bonchev–Trinajstić information content (AvgIpc) is 2.63. The molecule has 9 heavy (non-hydrogen) atoms. The second kappa shape index (κ2) is 3.85. The fraction of sp³-hybridized carbons (Fsp3) is 1.00. The summed E-state index contributed by atoms with van der Waals surface area (Å²) in [6, 6.07) is 0. The standard InChI is InChI=1S/C7H15NO/c1-2-8-5-3-4-7-6-9-7/h7-8H,2-6H2,1H3. The molecule has 0 spiro atoms. The van der Waals surface area contributed by atoms with Crippen molar-refractivity contribution in [2.45, 2.75) is 25.9 Å². The molecular formula is C7H15NO. The molecule has 54 valence electrons. The van der Waals surface area contributed by atoms with Crippen LogP contribution in [0.1, 0.15) is 19.8 Å². The van der Waals surface area contributed by atoms with Crippen LogP contribution in [0.3, 0.4) is 0 Å². The van der Waals surface area contributed by atoms with Crippen LogP contribution in [0, 0.1) is 0 Å². The molecule has 0 aromatic rings. The highest BCUT2D eigenvalue weighted by molar-refractivity contribution is 4.68. The Morgan fingerprint density at radius 2 is 2.44 bits per heavy atom. The van der Waals surface area contributed by atoms with E-state index in [1.165, 1.54) is 12.8 Å². The van der Waals surface area contributed by atoms with E-state index in [0.29, 0.717) is 6.10 Å². The first-order valence-electron chi connectivity index (χ1n) is 3.76. The van der Waals surface area contributed by atoms with Crippen molar-refractivity contribution >= 4 is 0 Å². The Balaban J connectivity index is 1.71. The highest BCUT2D eigenvalue weighted by Crippen LogP contribution is 2.14. The molecule has 1 N–H and O–H groups in total. The molecule has 0 saturated carbocycles. The summed E-state index contributed by atoms with van der Waals surface area (Å²) in [7, 11) is 0. The predicted octanol–water partition coefficient (Wildman–Crippen LogP) is 0.775. The third-order valence-corrected chi connectivity index (χ3v) is 1.53. The van der Waals surface area contributed by atoms with E-state index in [1.807, 2.05) is 0 Å². The summed E-state index contributed by atoms with van der Waals surface area (Å²) in [6.07, 6.45) is 3.12. The first kappa shape index (κ1) is 7.03. The summed E-state index contributed by atoms with van der Waals surface area (Å²) in [5.41, 5.74) is 0. The molecule has 2 heteroatoms. The van der Waals surface area contributed by atoms with Gasteiger partial charge in [-0.05, 0) is 25.9 Å². The Morgan fingerprint density at radius 3 is 3.00 bits per heavy atom. The monoisotopic (exact) mass is 129 g/mol. The average molecular weight is 129 g/mol. The molecule has 0 amide bonds. The fourth-order valence-electron chi connectivity index (χ4n) is 0.866. The molecule has 0 aromatic heterocycles. The van der Waals surface area contributed by atoms with Crippen molar-refractivity contribution in [3.63, 3.8) is 0 Å². The predicted molar refractivity (Wildman–Crippen MR) is 37.5 cm³/mol. The van der Waals surface area contributed by atoms with Gasteiger partial charge < -0.3 is 10.1 Å². The number of epoxide rings is 1. The lowest BCUT2D eigenvalue weighted by molar-refractivity contribution is 0.390. The van der Waals surface area contributed by atoms with Gasteiger partial charge in [0.1, 0.15) is 0 Å². The van der Waals surface area contributed by atoms with Crippen LogP contribution in [0.2, 0.25) is 0 Å². The van der Waals surface area contributed by atoms with E-state index in [1.54, 1.807) is 0 Å². The van der Waals surface area contributed by atoms with Gasteiger partial charge in [0.2, 0.25) is 0 Å². The SMILES string of the molecule is CCNCCCC1CO1. The zero-order valence-electron chi connectivity index (χ0n) is 6.02. The lowest BCUT2D eigenvalue weighted by Crippen LogP contribution is -2.14. The Morgan fingerprint density at radius 1 is 1.67 bits per heavy atom. The lowest BCUT2D eigenvalue weighted by Gasteiger charge is -1.97. The number of ether oxygens (including phenoxy) is 1. The van der Waals surface area contributed by atoms with Crippen LogP contribution in [0.4, 0.5) is 0 Å².